The van der Waals surface area contributed by atoms with Crippen molar-refractivity contribution in [3.05, 3.63) is 70.3 Å². The smallest absolute Gasteiger partial charge is 0.261 e. The molecule has 0 bridgehead atoms. The quantitative estimate of drug-likeness (QED) is 0.627. The van der Waals surface area contributed by atoms with E-state index in [0.717, 1.165) is 37.0 Å². The molecule has 1 amide bonds. The Morgan fingerprint density at radius 3 is 2.61 bits per heavy atom. The van der Waals surface area contributed by atoms with Gasteiger partial charge in [-0.1, -0.05) is 29.8 Å². The number of hydrogen-bond donors (Lipinski definition) is 1. The van der Waals surface area contributed by atoms with Crippen molar-refractivity contribution in [2.24, 2.45) is 0 Å². The third-order valence-electron chi connectivity index (χ3n) is 4.88. The number of allylic oxidation sites excluding steroid dienone is 1. The number of carbonyl (C=O) groups is 1. The highest BCUT2D eigenvalue weighted by Crippen LogP contribution is 2.30. The summed E-state index contributed by atoms with van der Waals surface area (Å²) >= 11 is 5.66. The van der Waals surface area contributed by atoms with E-state index in [1.807, 2.05) is 18.2 Å². The number of benzene rings is 2. The predicted molar refractivity (Wildman–Crippen MR) is 112 cm³/mol. The van der Waals surface area contributed by atoms with Crippen molar-refractivity contribution in [3.63, 3.8) is 0 Å². The molecule has 0 fully saturated rings. The summed E-state index contributed by atoms with van der Waals surface area (Å²) < 4.78 is 27.9. The van der Waals surface area contributed by atoms with Crippen LogP contribution >= 0.6 is 24.0 Å². The van der Waals surface area contributed by atoms with Gasteiger partial charge >= 0.3 is 0 Å². The van der Waals surface area contributed by atoms with E-state index in [4.69, 9.17) is 11.6 Å². The molecular weight excluding hydrogens is 405 g/mol. The monoisotopic (exact) mass is 426 g/mol. The standard InChI is InChI=1S/C21H21ClF2N2O.ClH/c1-26(2)16-8-6-13(7-9-16)14-4-3-5-15(12-14)25-21(27)19-18(23)11-10-17(22)20(19)24;/h3-6,10-12,16H,7-9H2,1-2H3,(H,25,27);1H. The number of carbonyl (C=O) groups excluding carboxylic acids is 1. The van der Waals surface area contributed by atoms with Gasteiger partial charge in [-0.05, 0) is 68.8 Å². The van der Waals surface area contributed by atoms with Crippen LogP contribution in [0, 0.1) is 11.6 Å². The maximum Gasteiger partial charge on any atom is 0.261 e. The van der Waals surface area contributed by atoms with Crippen molar-refractivity contribution >= 4 is 41.2 Å². The fraction of sp³-hybridized carbons (Fsp3) is 0.286. The Kier molecular flexibility index (Phi) is 7.58. The van der Waals surface area contributed by atoms with Gasteiger partial charge in [0.2, 0.25) is 0 Å². The van der Waals surface area contributed by atoms with Gasteiger partial charge in [-0.25, -0.2) is 8.78 Å². The fourth-order valence-electron chi connectivity index (χ4n) is 3.28. The zero-order chi connectivity index (χ0) is 19.6. The van der Waals surface area contributed by atoms with Gasteiger partial charge in [0.15, 0.2) is 5.82 Å². The summed E-state index contributed by atoms with van der Waals surface area (Å²) in [5.74, 6) is -2.87. The molecule has 28 heavy (non-hydrogen) atoms. The molecule has 1 aliphatic rings. The van der Waals surface area contributed by atoms with Crippen LogP contribution in [-0.2, 0) is 0 Å². The molecule has 0 heterocycles. The molecule has 2 aromatic carbocycles. The summed E-state index contributed by atoms with van der Waals surface area (Å²) in [7, 11) is 4.15. The first-order chi connectivity index (χ1) is 12.9. The number of hydrogen-bond acceptors (Lipinski definition) is 2. The van der Waals surface area contributed by atoms with Crippen LogP contribution < -0.4 is 5.32 Å². The van der Waals surface area contributed by atoms with Crippen LogP contribution in [0.25, 0.3) is 5.57 Å². The van der Waals surface area contributed by atoms with Gasteiger partial charge in [0.05, 0.1) is 5.02 Å². The van der Waals surface area contributed by atoms with Crippen LogP contribution in [0.2, 0.25) is 5.02 Å². The minimum atomic E-state index is -1.06. The fourth-order valence-corrected chi connectivity index (χ4v) is 3.43. The van der Waals surface area contributed by atoms with Crippen molar-refractivity contribution in [3.8, 4) is 0 Å². The first kappa shape index (κ1) is 22.3. The van der Waals surface area contributed by atoms with Gasteiger partial charge in [-0.2, -0.15) is 0 Å². The number of nitrogens with one attached hydrogen (secondary N) is 1. The van der Waals surface area contributed by atoms with Crippen molar-refractivity contribution in [2.75, 3.05) is 19.4 Å². The van der Waals surface area contributed by atoms with Crippen molar-refractivity contribution in [2.45, 2.75) is 25.3 Å². The average molecular weight is 427 g/mol. The molecular formula is C21H22Cl2F2N2O. The molecule has 1 atom stereocenters. The van der Waals surface area contributed by atoms with Gasteiger partial charge in [-0.15, -0.1) is 12.4 Å². The lowest BCUT2D eigenvalue weighted by atomic mass is 9.90. The molecule has 2 aromatic rings. The SMILES string of the molecule is CN(C)C1CC=C(c2cccc(NC(=O)c3c(F)ccc(Cl)c3F)c2)CC1.Cl. The first-order valence-corrected chi connectivity index (χ1v) is 9.15. The van der Waals surface area contributed by atoms with E-state index in [2.05, 4.69) is 30.4 Å². The molecule has 0 saturated carbocycles. The van der Waals surface area contributed by atoms with Crippen molar-refractivity contribution in [1.82, 2.24) is 4.90 Å². The third kappa shape index (κ3) is 4.90. The molecule has 3 nitrogen and oxygen atoms in total. The zero-order valence-electron chi connectivity index (χ0n) is 15.6. The lowest BCUT2D eigenvalue weighted by molar-refractivity contribution is 0.101. The molecule has 1 aliphatic carbocycles. The summed E-state index contributed by atoms with van der Waals surface area (Å²) in [6.45, 7) is 0. The summed E-state index contributed by atoms with van der Waals surface area (Å²) in [4.78, 5) is 14.6. The molecule has 1 N–H and O–H groups in total. The van der Waals surface area contributed by atoms with Crippen molar-refractivity contribution < 1.29 is 13.6 Å². The van der Waals surface area contributed by atoms with Crippen LogP contribution in [0.5, 0.6) is 0 Å². The second-order valence-corrected chi connectivity index (χ2v) is 7.28. The third-order valence-corrected chi connectivity index (χ3v) is 5.17. The van der Waals surface area contributed by atoms with E-state index in [-0.39, 0.29) is 17.4 Å². The van der Waals surface area contributed by atoms with Crippen LogP contribution in [0.1, 0.15) is 35.2 Å². The van der Waals surface area contributed by atoms with Crippen LogP contribution in [-0.4, -0.2) is 30.9 Å². The largest absolute Gasteiger partial charge is 0.322 e. The van der Waals surface area contributed by atoms with Crippen LogP contribution in [0.4, 0.5) is 14.5 Å². The highest BCUT2D eigenvalue weighted by atomic mass is 35.5. The molecule has 0 spiro atoms. The van der Waals surface area contributed by atoms with Gasteiger partial charge in [0, 0.05) is 11.7 Å². The van der Waals surface area contributed by atoms with E-state index in [1.165, 1.54) is 5.57 Å². The average Bonchev–Trinajstić information content (AvgIpc) is 2.65. The van der Waals surface area contributed by atoms with E-state index < -0.39 is 23.1 Å². The Hall–Kier alpha value is -1.95. The Balaban J connectivity index is 0.00000280. The summed E-state index contributed by atoms with van der Waals surface area (Å²) in [6, 6.07) is 9.89. The van der Waals surface area contributed by atoms with Gasteiger partial charge in [0.1, 0.15) is 11.4 Å². The lowest BCUT2D eigenvalue weighted by Crippen LogP contribution is -2.28. The molecule has 7 heteroatoms. The second kappa shape index (κ2) is 9.50. The van der Waals surface area contributed by atoms with E-state index in [0.29, 0.717) is 11.7 Å². The van der Waals surface area contributed by atoms with E-state index in [9.17, 15) is 13.6 Å². The Bertz CT molecular complexity index is 900. The normalized spacial score (nSPS) is 16.4. The highest BCUT2D eigenvalue weighted by molar-refractivity contribution is 6.31. The van der Waals surface area contributed by atoms with Gasteiger partial charge in [0.25, 0.3) is 5.91 Å². The van der Waals surface area contributed by atoms with Gasteiger partial charge < -0.3 is 10.2 Å². The van der Waals surface area contributed by atoms with Crippen molar-refractivity contribution in [1.29, 1.82) is 0 Å². The molecule has 0 radical (unpaired) electrons. The number of nitrogens with zero attached hydrogens (tertiary/aromatic N) is 1. The molecule has 1 unspecified atom stereocenters. The molecule has 0 saturated heterocycles. The number of halogens is 4. The zero-order valence-corrected chi connectivity index (χ0v) is 17.2. The lowest BCUT2D eigenvalue weighted by Gasteiger charge is -2.27. The van der Waals surface area contributed by atoms with Gasteiger partial charge in [-0.3, -0.25) is 4.79 Å². The maximum absolute atomic E-state index is 14.0. The number of anilines is 1. The van der Waals surface area contributed by atoms with Crippen LogP contribution in [0.15, 0.2) is 42.5 Å². The molecule has 150 valence electrons. The second-order valence-electron chi connectivity index (χ2n) is 6.87. The predicted octanol–water partition coefficient (Wildman–Crippen LogP) is 5.79. The summed E-state index contributed by atoms with van der Waals surface area (Å²) in [5.41, 5.74) is 2.01. The molecule has 0 aliphatic heterocycles. The Labute approximate surface area is 174 Å². The Morgan fingerprint density at radius 2 is 1.96 bits per heavy atom. The number of rotatable bonds is 4. The number of amides is 1. The minimum Gasteiger partial charge on any atom is -0.322 e. The van der Waals surface area contributed by atoms with E-state index in [1.54, 1.807) is 6.07 Å². The molecule has 0 aromatic heterocycles. The Morgan fingerprint density at radius 1 is 1.21 bits per heavy atom. The topological polar surface area (TPSA) is 32.3 Å². The van der Waals surface area contributed by atoms with Crippen LogP contribution in [0.3, 0.4) is 0 Å². The summed E-state index contributed by atoms with van der Waals surface area (Å²) in [5, 5.41) is 2.27. The minimum absolute atomic E-state index is 0. The van der Waals surface area contributed by atoms with E-state index >= 15 is 0 Å². The maximum atomic E-state index is 14.0. The summed E-state index contributed by atoms with van der Waals surface area (Å²) in [6.07, 6.45) is 5.19. The molecule has 3 rings (SSSR count). The highest BCUT2D eigenvalue weighted by Gasteiger charge is 2.21. The first-order valence-electron chi connectivity index (χ1n) is 8.77.